The third-order valence-corrected chi connectivity index (χ3v) is 4.39. The molecule has 1 fully saturated rings. The van der Waals surface area contributed by atoms with Crippen LogP contribution in [0.5, 0.6) is 0 Å². The summed E-state index contributed by atoms with van der Waals surface area (Å²) in [6.45, 7) is 0. The van der Waals surface area contributed by atoms with Gasteiger partial charge < -0.3 is 4.55 Å². The fraction of sp³-hybridized carbons (Fsp3) is 0.538. The first kappa shape index (κ1) is 12.0. The summed E-state index contributed by atoms with van der Waals surface area (Å²) in [5, 5.41) is 4.83. The molecule has 0 N–H and O–H groups in total. The van der Waals surface area contributed by atoms with Crippen LogP contribution in [0.1, 0.15) is 43.7 Å². The van der Waals surface area contributed by atoms with Gasteiger partial charge in [0, 0.05) is 22.8 Å². The van der Waals surface area contributed by atoms with Crippen molar-refractivity contribution in [3.8, 4) is 0 Å². The number of hydrogen-bond acceptors (Lipinski definition) is 3. The average Bonchev–Trinajstić information content (AvgIpc) is 2.82. The first-order valence-corrected chi connectivity index (χ1v) is 7.99. The molecule has 96 valence electrons. The van der Waals surface area contributed by atoms with Crippen molar-refractivity contribution in [2.24, 2.45) is 0 Å². The lowest BCUT2D eigenvalue weighted by Gasteiger charge is -2.21. The van der Waals surface area contributed by atoms with E-state index in [1.54, 1.807) is 12.5 Å². The second-order valence-electron chi connectivity index (χ2n) is 4.92. The minimum atomic E-state index is -1.13. The molecule has 5 heteroatoms. The van der Waals surface area contributed by atoms with Crippen LogP contribution in [0.25, 0.3) is 5.52 Å². The second-order valence-corrected chi connectivity index (χ2v) is 6.20. The van der Waals surface area contributed by atoms with Crippen molar-refractivity contribution < 1.29 is 4.55 Å². The van der Waals surface area contributed by atoms with Crippen molar-refractivity contribution in [1.29, 1.82) is 0 Å². The Balaban J connectivity index is 2.03. The van der Waals surface area contributed by atoms with Crippen LogP contribution in [0.2, 0.25) is 0 Å². The Labute approximate surface area is 110 Å². The molecule has 1 saturated carbocycles. The quantitative estimate of drug-likeness (QED) is 0.782. The van der Waals surface area contributed by atoms with Crippen molar-refractivity contribution in [2.75, 3.05) is 6.26 Å². The fourth-order valence-electron chi connectivity index (χ4n) is 2.75. The molecule has 1 aliphatic rings. The van der Waals surface area contributed by atoms with E-state index in [1.807, 2.05) is 10.6 Å². The average molecular weight is 263 g/mol. The van der Waals surface area contributed by atoms with Gasteiger partial charge in [-0.1, -0.05) is 24.4 Å². The summed E-state index contributed by atoms with van der Waals surface area (Å²) >= 11 is -1.13. The van der Waals surface area contributed by atoms with Gasteiger partial charge in [-0.2, -0.15) is 4.98 Å². The van der Waals surface area contributed by atoms with Gasteiger partial charge in [-0.05, 0) is 25.0 Å². The molecule has 0 radical (unpaired) electrons. The molecule has 2 heterocycles. The maximum absolute atomic E-state index is 11.5. The number of hydrogen-bond donors (Lipinski definition) is 0. The Bertz CT molecular complexity index is 546. The van der Waals surface area contributed by atoms with Gasteiger partial charge >= 0.3 is 5.16 Å². The number of fused-ring (bicyclic) bond motifs is 1. The predicted octanol–water partition coefficient (Wildman–Crippen LogP) is 2.51. The minimum absolute atomic E-state index is 0.413. The zero-order valence-corrected chi connectivity index (χ0v) is 11.3. The van der Waals surface area contributed by atoms with Crippen LogP contribution in [-0.2, 0) is 11.2 Å². The van der Waals surface area contributed by atoms with Crippen molar-refractivity contribution in [3.63, 3.8) is 0 Å². The molecule has 1 aliphatic carbocycles. The molecule has 18 heavy (non-hydrogen) atoms. The van der Waals surface area contributed by atoms with Gasteiger partial charge in [0.2, 0.25) is 0 Å². The van der Waals surface area contributed by atoms with E-state index in [9.17, 15) is 4.55 Å². The van der Waals surface area contributed by atoms with E-state index >= 15 is 0 Å². The van der Waals surface area contributed by atoms with Crippen LogP contribution < -0.4 is 0 Å². The Hall–Kier alpha value is -1.07. The van der Waals surface area contributed by atoms with Crippen molar-refractivity contribution in [1.82, 2.24) is 14.6 Å². The molecule has 0 spiro atoms. The summed E-state index contributed by atoms with van der Waals surface area (Å²) in [6, 6.07) is 4.19. The van der Waals surface area contributed by atoms with Crippen LogP contribution in [0, 0.1) is 0 Å². The van der Waals surface area contributed by atoms with E-state index < -0.39 is 11.2 Å². The third-order valence-electron chi connectivity index (χ3n) is 3.69. The zero-order chi connectivity index (χ0) is 12.5. The van der Waals surface area contributed by atoms with Gasteiger partial charge in [0.05, 0.1) is 11.7 Å². The molecule has 0 bridgehead atoms. The molecule has 1 atom stereocenters. The van der Waals surface area contributed by atoms with E-state index in [1.165, 1.54) is 37.8 Å². The first-order chi connectivity index (χ1) is 8.75. The monoisotopic (exact) mass is 263 g/mol. The van der Waals surface area contributed by atoms with Crippen LogP contribution in [0.15, 0.2) is 23.5 Å². The molecule has 0 saturated heterocycles. The molecule has 0 aromatic carbocycles. The van der Waals surface area contributed by atoms with E-state index in [0.29, 0.717) is 11.1 Å². The minimum Gasteiger partial charge on any atom is -0.609 e. The highest BCUT2D eigenvalue weighted by Crippen LogP contribution is 2.33. The summed E-state index contributed by atoms with van der Waals surface area (Å²) in [7, 11) is 0. The molecular formula is C13H17N3OS. The topological polar surface area (TPSA) is 53.2 Å². The predicted molar refractivity (Wildman–Crippen MR) is 71.1 cm³/mol. The first-order valence-electron chi connectivity index (χ1n) is 6.44. The third kappa shape index (κ3) is 2.12. The second kappa shape index (κ2) is 4.90. The van der Waals surface area contributed by atoms with Crippen molar-refractivity contribution >= 4 is 16.7 Å². The van der Waals surface area contributed by atoms with Crippen LogP contribution in [0.3, 0.4) is 0 Å². The van der Waals surface area contributed by atoms with E-state index in [2.05, 4.69) is 16.1 Å². The molecule has 4 nitrogen and oxygen atoms in total. The standard InChI is InChI=1S/C13H17N3OS/c1-18(17)13-14-9-11-7-8-12(16(11)15-13)10-5-3-2-4-6-10/h7-10H,2-6H2,1H3. The summed E-state index contributed by atoms with van der Waals surface area (Å²) < 4.78 is 13.4. The van der Waals surface area contributed by atoms with Crippen LogP contribution in [0.4, 0.5) is 0 Å². The lowest BCUT2D eigenvalue weighted by atomic mass is 9.87. The van der Waals surface area contributed by atoms with Gasteiger partial charge in [-0.15, -0.1) is 0 Å². The molecule has 1 unspecified atom stereocenters. The molecule has 0 aliphatic heterocycles. The van der Waals surface area contributed by atoms with Crippen LogP contribution in [-0.4, -0.2) is 25.4 Å². The van der Waals surface area contributed by atoms with Gasteiger partial charge in [0.25, 0.3) is 0 Å². The highest BCUT2D eigenvalue weighted by molar-refractivity contribution is 7.90. The summed E-state index contributed by atoms with van der Waals surface area (Å²) in [6.07, 6.45) is 9.80. The maximum atomic E-state index is 11.5. The molecule has 2 aromatic rings. The molecular weight excluding hydrogens is 246 g/mol. The van der Waals surface area contributed by atoms with Crippen molar-refractivity contribution in [2.45, 2.75) is 43.2 Å². The fourth-order valence-corrected chi connectivity index (χ4v) is 3.14. The van der Waals surface area contributed by atoms with E-state index in [4.69, 9.17) is 0 Å². The highest BCUT2D eigenvalue weighted by atomic mass is 32.2. The lowest BCUT2D eigenvalue weighted by molar-refractivity contribution is 0.430. The Morgan fingerprint density at radius 3 is 2.78 bits per heavy atom. The maximum Gasteiger partial charge on any atom is 0.359 e. The number of aromatic nitrogens is 3. The van der Waals surface area contributed by atoms with E-state index in [-0.39, 0.29) is 0 Å². The Morgan fingerprint density at radius 1 is 1.28 bits per heavy atom. The van der Waals surface area contributed by atoms with Gasteiger partial charge in [0.15, 0.2) is 0 Å². The van der Waals surface area contributed by atoms with Crippen LogP contribution >= 0.6 is 0 Å². The Kier molecular flexibility index (Phi) is 3.26. The molecule has 0 amide bonds. The lowest BCUT2D eigenvalue weighted by Crippen LogP contribution is -2.12. The summed E-state index contributed by atoms with van der Waals surface area (Å²) in [4.78, 5) is 4.13. The van der Waals surface area contributed by atoms with Gasteiger partial charge in [-0.3, -0.25) is 0 Å². The SMILES string of the molecule is C[S+]([O-])c1ncc2ccc(C3CCCCC3)n2n1. The van der Waals surface area contributed by atoms with Gasteiger partial charge in [0.1, 0.15) is 6.26 Å². The summed E-state index contributed by atoms with van der Waals surface area (Å²) in [5.41, 5.74) is 2.24. The van der Waals surface area contributed by atoms with Gasteiger partial charge in [-0.25, -0.2) is 4.52 Å². The number of rotatable bonds is 2. The molecule has 3 rings (SSSR count). The largest absolute Gasteiger partial charge is 0.609 e. The van der Waals surface area contributed by atoms with Crippen molar-refractivity contribution in [3.05, 3.63) is 24.0 Å². The summed E-state index contributed by atoms with van der Waals surface area (Å²) in [5.74, 6) is 0.592. The van der Waals surface area contributed by atoms with E-state index in [0.717, 1.165) is 5.52 Å². The molecule has 2 aromatic heterocycles. The normalized spacial score (nSPS) is 19.2. The highest BCUT2D eigenvalue weighted by Gasteiger charge is 2.20. The smallest absolute Gasteiger partial charge is 0.359 e. The Morgan fingerprint density at radius 2 is 2.06 bits per heavy atom. The zero-order valence-electron chi connectivity index (χ0n) is 10.5. The number of nitrogens with zero attached hydrogens (tertiary/aromatic N) is 3.